The molecule has 2 rings (SSSR count). The van der Waals surface area contributed by atoms with Crippen LogP contribution in [0.25, 0.3) is 0 Å². The van der Waals surface area contributed by atoms with Crippen LogP contribution in [0.2, 0.25) is 5.02 Å². The molecule has 2 aromatic carbocycles. The van der Waals surface area contributed by atoms with Crippen LogP contribution in [0.1, 0.15) is 23.6 Å². The fourth-order valence-corrected chi connectivity index (χ4v) is 2.90. The first-order valence-corrected chi connectivity index (χ1v) is 7.15. The first-order valence-electron chi connectivity index (χ1n) is 5.98. The summed E-state index contributed by atoms with van der Waals surface area (Å²) in [5, 5.41) is 10.9. The second kappa shape index (κ2) is 5.63. The van der Waals surface area contributed by atoms with Crippen molar-refractivity contribution >= 4 is 27.5 Å². The first-order chi connectivity index (χ1) is 9.62. The minimum Gasteiger partial charge on any atom is -0.381 e. The van der Waals surface area contributed by atoms with Gasteiger partial charge in [-0.2, -0.15) is 13.2 Å². The minimum atomic E-state index is -4.46. The Morgan fingerprint density at radius 1 is 1.05 bits per heavy atom. The lowest BCUT2D eigenvalue weighted by Gasteiger charge is -2.26. The molecule has 0 spiro atoms. The van der Waals surface area contributed by atoms with Crippen LogP contribution in [0, 0.1) is 0 Å². The summed E-state index contributed by atoms with van der Waals surface area (Å²) in [6.07, 6.45) is -4.46. The van der Waals surface area contributed by atoms with Gasteiger partial charge in [0.05, 0.1) is 5.56 Å². The van der Waals surface area contributed by atoms with Crippen molar-refractivity contribution in [3.05, 3.63) is 68.7 Å². The topological polar surface area (TPSA) is 20.2 Å². The van der Waals surface area contributed by atoms with Crippen molar-refractivity contribution in [3.8, 4) is 0 Å². The Morgan fingerprint density at radius 2 is 1.67 bits per heavy atom. The SMILES string of the molecule is CC(O)(c1cccc(C(F)(F)F)c1)c1ccc(Br)cc1Cl. The van der Waals surface area contributed by atoms with Crippen LogP contribution in [0.15, 0.2) is 46.9 Å². The number of benzene rings is 2. The highest BCUT2D eigenvalue weighted by molar-refractivity contribution is 9.10. The van der Waals surface area contributed by atoms with Crippen LogP contribution in [-0.4, -0.2) is 5.11 Å². The van der Waals surface area contributed by atoms with E-state index in [2.05, 4.69) is 15.9 Å². The van der Waals surface area contributed by atoms with Crippen LogP contribution in [0.3, 0.4) is 0 Å². The fourth-order valence-electron chi connectivity index (χ4n) is 2.04. The van der Waals surface area contributed by atoms with Crippen molar-refractivity contribution in [1.29, 1.82) is 0 Å². The predicted octanol–water partition coefficient (Wildman–Crippen LogP) is 5.38. The zero-order chi connectivity index (χ0) is 15.8. The molecule has 0 radical (unpaired) electrons. The van der Waals surface area contributed by atoms with E-state index in [4.69, 9.17) is 11.6 Å². The van der Waals surface area contributed by atoms with Crippen molar-refractivity contribution in [1.82, 2.24) is 0 Å². The van der Waals surface area contributed by atoms with Gasteiger partial charge in [0.2, 0.25) is 0 Å². The summed E-state index contributed by atoms with van der Waals surface area (Å²) in [5.74, 6) is 0. The number of rotatable bonds is 2. The summed E-state index contributed by atoms with van der Waals surface area (Å²) in [6.45, 7) is 1.41. The van der Waals surface area contributed by atoms with Gasteiger partial charge < -0.3 is 5.11 Å². The Hall–Kier alpha value is -1.04. The molecule has 0 saturated carbocycles. The van der Waals surface area contributed by atoms with Crippen LogP contribution >= 0.6 is 27.5 Å². The van der Waals surface area contributed by atoms with Crippen LogP contribution in [-0.2, 0) is 11.8 Å². The first kappa shape index (κ1) is 16.3. The van der Waals surface area contributed by atoms with E-state index in [-0.39, 0.29) is 10.6 Å². The Kier molecular flexibility index (Phi) is 4.38. The largest absolute Gasteiger partial charge is 0.416 e. The molecular formula is C15H11BrClF3O. The lowest BCUT2D eigenvalue weighted by molar-refractivity contribution is -0.137. The maximum Gasteiger partial charge on any atom is 0.416 e. The van der Waals surface area contributed by atoms with Crippen LogP contribution in [0.5, 0.6) is 0 Å². The number of alkyl halides is 3. The predicted molar refractivity (Wildman–Crippen MR) is 79.3 cm³/mol. The number of hydrogen-bond donors (Lipinski definition) is 1. The van der Waals surface area contributed by atoms with E-state index in [0.717, 1.165) is 16.6 Å². The average molecular weight is 380 g/mol. The maximum absolute atomic E-state index is 12.8. The third-order valence-corrected chi connectivity index (χ3v) is 4.01. The van der Waals surface area contributed by atoms with E-state index < -0.39 is 17.3 Å². The van der Waals surface area contributed by atoms with Gasteiger partial charge in [-0.15, -0.1) is 0 Å². The van der Waals surface area contributed by atoms with Crippen LogP contribution in [0.4, 0.5) is 13.2 Å². The van der Waals surface area contributed by atoms with Gasteiger partial charge in [-0.3, -0.25) is 0 Å². The highest BCUT2D eigenvalue weighted by Gasteiger charge is 2.34. The van der Waals surface area contributed by atoms with Gasteiger partial charge in [0.1, 0.15) is 5.60 Å². The summed E-state index contributed by atoms with van der Waals surface area (Å²) >= 11 is 9.32. The fraction of sp³-hybridized carbons (Fsp3) is 0.200. The minimum absolute atomic E-state index is 0.126. The quantitative estimate of drug-likeness (QED) is 0.743. The smallest absolute Gasteiger partial charge is 0.381 e. The molecule has 0 aliphatic rings. The van der Waals surface area contributed by atoms with Crippen LogP contribution < -0.4 is 0 Å². The summed E-state index contributed by atoms with van der Waals surface area (Å²) in [6, 6.07) is 9.42. The van der Waals surface area contributed by atoms with Crippen molar-refractivity contribution < 1.29 is 18.3 Å². The third-order valence-electron chi connectivity index (χ3n) is 3.21. The molecule has 1 unspecified atom stereocenters. The average Bonchev–Trinajstić information content (AvgIpc) is 2.37. The highest BCUT2D eigenvalue weighted by Crippen LogP contribution is 2.37. The van der Waals surface area contributed by atoms with Crippen molar-refractivity contribution in [2.24, 2.45) is 0 Å². The molecule has 0 bridgehead atoms. The zero-order valence-corrected chi connectivity index (χ0v) is 13.2. The number of hydrogen-bond acceptors (Lipinski definition) is 1. The second-order valence-electron chi connectivity index (χ2n) is 4.77. The maximum atomic E-state index is 12.8. The van der Waals surface area contributed by atoms with Crippen molar-refractivity contribution in [2.75, 3.05) is 0 Å². The molecule has 0 saturated heterocycles. The van der Waals surface area contributed by atoms with Gasteiger partial charge in [0.15, 0.2) is 0 Å². The standard InChI is InChI=1S/C15H11BrClF3O/c1-14(21,12-6-5-11(16)8-13(12)17)9-3-2-4-10(7-9)15(18,19)20/h2-8,21H,1H3. The van der Waals surface area contributed by atoms with Gasteiger partial charge >= 0.3 is 6.18 Å². The zero-order valence-electron chi connectivity index (χ0n) is 10.9. The van der Waals surface area contributed by atoms with E-state index in [1.54, 1.807) is 18.2 Å². The van der Waals surface area contributed by atoms with Gasteiger partial charge in [0, 0.05) is 15.1 Å². The Morgan fingerprint density at radius 3 is 2.24 bits per heavy atom. The van der Waals surface area contributed by atoms with E-state index in [0.29, 0.717) is 5.56 Å². The monoisotopic (exact) mass is 378 g/mol. The molecule has 2 aromatic rings. The number of halogens is 5. The summed E-state index contributed by atoms with van der Waals surface area (Å²) in [7, 11) is 0. The molecule has 1 N–H and O–H groups in total. The van der Waals surface area contributed by atoms with E-state index >= 15 is 0 Å². The van der Waals surface area contributed by atoms with Crippen molar-refractivity contribution in [2.45, 2.75) is 18.7 Å². The summed E-state index contributed by atoms with van der Waals surface area (Å²) < 4.78 is 39.0. The molecule has 0 aliphatic heterocycles. The molecule has 1 atom stereocenters. The van der Waals surface area contributed by atoms with Gasteiger partial charge in [-0.1, -0.05) is 45.7 Å². The lowest BCUT2D eigenvalue weighted by atomic mass is 9.87. The normalized spacial score (nSPS) is 14.8. The highest BCUT2D eigenvalue weighted by atomic mass is 79.9. The van der Waals surface area contributed by atoms with Gasteiger partial charge in [-0.05, 0) is 36.8 Å². The molecule has 0 heterocycles. The molecule has 0 amide bonds. The molecule has 0 aliphatic carbocycles. The van der Waals surface area contributed by atoms with Crippen molar-refractivity contribution in [3.63, 3.8) is 0 Å². The molecule has 112 valence electrons. The molecule has 1 nitrogen and oxygen atoms in total. The van der Waals surface area contributed by atoms with E-state index in [1.807, 2.05) is 0 Å². The second-order valence-corrected chi connectivity index (χ2v) is 6.10. The number of aliphatic hydroxyl groups is 1. The van der Waals surface area contributed by atoms with Gasteiger partial charge in [-0.25, -0.2) is 0 Å². The third kappa shape index (κ3) is 3.42. The molecule has 0 fully saturated rings. The molecule has 0 aromatic heterocycles. The molecular weight excluding hydrogens is 369 g/mol. The van der Waals surface area contributed by atoms with E-state index in [9.17, 15) is 18.3 Å². The Balaban J connectivity index is 2.53. The summed E-state index contributed by atoms with van der Waals surface area (Å²) in [4.78, 5) is 0. The van der Waals surface area contributed by atoms with E-state index in [1.165, 1.54) is 19.1 Å². The summed E-state index contributed by atoms with van der Waals surface area (Å²) in [5.41, 5.74) is -1.97. The molecule has 21 heavy (non-hydrogen) atoms. The Labute approximate surface area is 133 Å². The van der Waals surface area contributed by atoms with Gasteiger partial charge in [0.25, 0.3) is 0 Å². The Bertz CT molecular complexity index is 668. The lowest BCUT2D eigenvalue weighted by Crippen LogP contribution is -2.24. The molecule has 6 heteroatoms.